The number of hydrogen-bond donors (Lipinski definition) is 2. The number of piperazine rings is 1. The summed E-state index contributed by atoms with van der Waals surface area (Å²) in [7, 11) is 1.72. The van der Waals surface area contributed by atoms with E-state index in [1.165, 1.54) is 6.20 Å². The molecule has 2 saturated heterocycles. The number of ether oxygens (including phenoxy) is 1. The van der Waals surface area contributed by atoms with Crippen LogP contribution in [0.2, 0.25) is 0 Å². The molecule has 2 aromatic heterocycles. The Balaban J connectivity index is 1.67. The van der Waals surface area contributed by atoms with Crippen LogP contribution < -0.4 is 20.9 Å². The summed E-state index contributed by atoms with van der Waals surface area (Å²) in [5.74, 6) is 0.524. The molecule has 0 saturated carbocycles. The van der Waals surface area contributed by atoms with Gasteiger partial charge in [0.05, 0.1) is 25.3 Å². The monoisotopic (exact) mass is 464 g/mol. The summed E-state index contributed by atoms with van der Waals surface area (Å²) >= 11 is 0. The van der Waals surface area contributed by atoms with Crippen LogP contribution in [-0.4, -0.2) is 102 Å². The molecule has 0 spiro atoms. The fourth-order valence-corrected chi connectivity index (χ4v) is 3.69. The Morgan fingerprint density at radius 1 is 1.06 bits per heavy atom. The normalized spacial score (nSPS) is 17.0. The summed E-state index contributed by atoms with van der Waals surface area (Å²) in [5.41, 5.74) is 4.99. The molecule has 178 valence electrons. The van der Waals surface area contributed by atoms with Crippen LogP contribution in [0, 0.1) is 0 Å². The number of morpholine rings is 1. The minimum absolute atomic E-state index is 0.000179. The number of nitrogen functional groups attached to an aromatic ring is 1. The third-order valence-electron chi connectivity index (χ3n) is 5.43. The molecule has 14 heteroatoms. The smallest absolute Gasteiger partial charge is 0.281 e. The van der Waals surface area contributed by atoms with Gasteiger partial charge in [-0.2, -0.15) is 15.0 Å². The first-order valence-electron chi connectivity index (χ1n) is 10.6. The van der Waals surface area contributed by atoms with E-state index in [2.05, 4.69) is 30.2 Å². The second-order valence-electron chi connectivity index (χ2n) is 7.58. The largest absolute Gasteiger partial charge is 0.378 e. The maximum Gasteiger partial charge on any atom is 0.281 e. The Morgan fingerprint density at radius 3 is 2.30 bits per heavy atom. The summed E-state index contributed by atoms with van der Waals surface area (Å²) in [6.45, 7) is 4.42. The number of carbonyl (C=O) groups is 1. The fourth-order valence-electron chi connectivity index (χ4n) is 3.69. The minimum Gasteiger partial charge on any atom is -0.378 e. The lowest BCUT2D eigenvalue weighted by molar-refractivity contribution is -0.130. The van der Waals surface area contributed by atoms with Crippen LogP contribution in [0.4, 0.5) is 26.6 Å². The number of nitrogens with one attached hydrogen (secondary N) is 1. The van der Waals surface area contributed by atoms with Crippen molar-refractivity contribution in [2.45, 2.75) is 6.43 Å². The van der Waals surface area contributed by atoms with Gasteiger partial charge >= 0.3 is 0 Å². The second-order valence-corrected chi connectivity index (χ2v) is 7.58. The zero-order chi connectivity index (χ0) is 23.4. The predicted molar refractivity (Wildman–Crippen MR) is 116 cm³/mol. The Bertz CT molecular complexity index is 981. The second kappa shape index (κ2) is 10.1. The average molecular weight is 464 g/mol. The third-order valence-corrected chi connectivity index (χ3v) is 5.43. The van der Waals surface area contributed by atoms with Gasteiger partial charge in [0.25, 0.3) is 6.43 Å². The van der Waals surface area contributed by atoms with E-state index in [4.69, 9.17) is 10.5 Å². The van der Waals surface area contributed by atoms with Crippen LogP contribution in [0.1, 0.15) is 12.1 Å². The molecule has 2 aromatic rings. The van der Waals surface area contributed by atoms with E-state index in [-0.39, 0.29) is 29.8 Å². The third kappa shape index (κ3) is 5.22. The van der Waals surface area contributed by atoms with Crippen molar-refractivity contribution >= 4 is 23.8 Å². The van der Waals surface area contributed by atoms with Crippen LogP contribution in [0.3, 0.4) is 0 Å². The molecule has 0 bridgehead atoms. The number of aromatic nitrogens is 5. The SMILES string of the molecule is CNCC(=O)N1CCN(c2nc(-c3cnc(N)nc3C(F)F)nc(N3CCOCC3)n2)CC1. The summed E-state index contributed by atoms with van der Waals surface area (Å²) in [4.78, 5) is 38.9. The molecule has 1 amide bonds. The van der Waals surface area contributed by atoms with Crippen molar-refractivity contribution in [1.82, 2.24) is 35.1 Å². The Kier molecular flexibility index (Phi) is 7.03. The van der Waals surface area contributed by atoms with E-state index < -0.39 is 12.1 Å². The quantitative estimate of drug-likeness (QED) is 0.575. The van der Waals surface area contributed by atoms with Gasteiger partial charge in [-0.1, -0.05) is 0 Å². The molecular formula is C19H26F2N10O2. The number of likely N-dealkylation sites (N-methyl/N-ethyl adjacent to an activating group) is 1. The van der Waals surface area contributed by atoms with Crippen molar-refractivity contribution in [3.63, 3.8) is 0 Å². The van der Waals surface area contributed by atoms with Gasteiger partial charge in [-0.3, -0.25) is 4.79 Å². The molecule has 4 rings (SSSR count). The molecule has 33 heavy (non-hydrogen) atoms. The number of rotatable bonds is 6. The average Bonchev–Trinajstić information content (AvgIpc) is 2.84. The van der Waals surface area contributed by atoms with Gasteiger partial charge in [-0.25, -0.2) is 18.7 Å². The van der Waals surface area contributed by atoms with Crippen LogP contribution in [-0.2, 0) is 9.53 Å². The highest BCUT2D eigenvalue weighted by Gasteiger charge is 2.27. The lowest BCUT2D eigenvalue weighted by Gasteiger charge is -2.35. The molecule has 2 fully saturated rings. The van der Waals surface area contributed by atoms with E-state index in [0.29, 0.717) is 64.4 Å². The molecule has 4 heterocycles. The van der Waals surface area contributed by atoms with Crippen molar-refractivity contribution in [1.29, 1.82) is 0 Å². The van der Waals surface area contributed by atoms with E-state index in [9.17, 15) is 13.6 Å². The molecule has 2 aliphatic heterocycles. The lowest BCUT2D eigenvalue weighted by Crippen LogP contribution is -2.51. The fraction of sp³-hybridized carbons (Fsp3) is 0.579. The summed E-state index contributed by atoms with van der Waals surface area (Å²) in [6.07, 6.45) is -1.67. The van der Waals surface area contributed by atoms with E-state index in [1.807, 2.05) is 9.80 Å². The van der Waals surface area contributed by atoms with Crippen LogP contribution >= 0.6 is 0 Å². The number of anilines is 3. The summed E-state index contributed by atoms with van der Waals surface area (Å²) in [5, 5.41) is 2.86. The number of halogens is 2. The van der Waals surface area contributed by atoms with Gasteiger partial charge in [-0.05, 0) is 7.05 Å². The first-order valence-corrected chi connectivity index (χ1v) is 10.6. The summed E-state index contributed by atoms with van der Waals surface area (Å²) in [6, 6.07) is 0. The highest BCUT2D eigenvalue weighted by molar-refractivity contribution is 5.78. The standard InChI is InChI=1S/C19H26F2N10O2/c1-23-11-13(32)29-2-4-30(5-3-29)18-26-16(12-10-24-17(22)25-14(12)15(20)21)27-19(28-18)31-6-8-33-9-7-31/h10,15,23H,2-9,11H2,1H3,(H2,22,24,25). The molecule has 0 aliphatic carbocycles. The van der Waals surface area contributed by atoms with Crippen molar-refractivity contribution in [2.75, 3.05) is 81.6 Å². The molecule has 0 atom stereocenters. The zero-order valence-electron chi connectivity index (χ0n) is 18.2. The molecule has 2 aliphatic rings. The van der Waals surface area contributed by atoms with Gasteiger partial charge in [0.2, 0.25) is 23.8 Å². The molecular weight excluding hydrogens is 438 g/mol. The first kappa shape index (κ1) is 22.9. The maximum absolute atomic E-state index is 13.7. The first-order chi connectivity index (χ1) is 16.0. The van der Waals surface area contributed by atoms with Gasteiger partial charge in [-0.15, -0.1) is 0 Å². The van der Waals surface area contributed by atoms with Crippen molar-refractivity contribution in [3.8, 4) is 11.4 Å². The molecule has 12 nitrogen and oxygen atoms in total. The van der Waals surface area contributed by atoms with Crippen molar-refractivity contribution < 1.29 is 18.3 Å². The number of nitrogens with two attached hydrogens (primary N) is 1. The molecule has 3 N–H and O–H groups in total. The lowest BCUT2D eigenvalue weighted by atomic mass is 10.2. The highest BCUT2D eigenvalue weighted by Crippen LogP contribution is 2.29. The van der Waals surface area contributed by atoms with Gasteiger partial charge in [0, 0.05) is 45.5 Å². The maximum atomic E-state index is 13.7. The number of amides is 1. The van der Waals surface area contributed by atoms with Crippen LogP contribution in [0.25, 0.3) is 11.4 Å². The van der Waals surface area contributed by atoms with Gasteiger partial charge < -0.3 is 30.5 Å². The molecule has 0 unspecified atom stereocenters. The number of carbonyl (C=O) groups excluding carboxylic acids is 1. The molecule has 0 aromatic carbocycles. The van der Waals surface area contributed by atoms with Gasteiger partial charge in [0.15, 0.2) is 5.82 Å². The molecule has 0 radical (unpaired) electrons. The topological polar surface area (TPSA) is 139 Å². The zero-order valence-corrected chi connectivity index (χ0v) is 18.2. The van der Waals surface area contributed by atoms with E-state index >= 15 is 0 Å². The number of hydrogen-bond acceptors (Lipinski definition) is 11. The van der Waals surface area contributed by atoms with Crippen LogP contribution in [0.15, 0.2) is 6.20 Å². The Morgan fingerprint density at radius 2 is 1.70 bits per heavy atom. The van der Waals surface area contributed by atoms with Crippen molar-refractivity contribution in [2.24, 2.45) is 0 Å². The highest BCUT2D eigenvalue weighted by atomic mass is 19.3. The Labute approximate surface area is 189 Å². The Hall–Kier alpha value is -3.26. The van der Waals surface area contributed by atoms with Crippen molar-refractivity contribution in [3.05, 3.63) is 11.9 Å². The number of alkyl halides is 2. The predicted octanol–water partition coefficient (Wildman–Crippen LogP) is -0.447. The van der Waals surface area contributed by atoms with Gasteiger partial charge in [0.1, 0.15) is 5.69 Å². The minimum atomic E-state index is -2.88. The van der Waals surface area contributed by atoms with E-state index in [1.54, 1.807) is 11.9 Å². The van der Waals surface area contributed by atoms with Crippen LogP contribution in [0.5, 0.6) is 0 Å². The van der Waals surface area contributed by atoms with E-state index in [0.717, 1.165) is 0 Å². The number of nitrogens with zero attached hydrogens (tertiary/aromatic N) is 8. The summed E-state index contributed by atoms with van der Waals surface area (Å²) < 4.78 is 32.8.